The van der Waals surface area contributed by atoms with Gasteiger partial charge in [0, 0.05) is 29.9 Å². The van der Waals surface area contributed by atoms with Crippen LogP contribution >= 0.6 is 22.7 Å². The standard InChI is InChI=1S/C15H19N3O2S2/c1-10-7-13(22-11(10)2)14(19)17-15-16-12(9-21-15)8-18-3-5-20-6-4-18/h7,9H,3-6,8H2,1-2H3,(H,16,17,19). The number of morpholine rings is 1. The Morgan fingerprint density at radius 3 is 2.86 bits per heavy atom. The van der Waals surface area contributed by atoms with Crippen LogP contribution in [0.2, 0.25) is 0 Å². The summed E-state index contributed by atoms with van der Waals surface area (Å²) in [5.74, 6) is -0.0755. The molecular weight excluding hydrogens is 318 g/mol. The molecule has 22 heavy (non-hydrogen) atoms. The zero-order valence-corrected chi connectivity index (χ0v) is 14.4. The summed E-state index contributed by atoms with van der Waals surface area (Å²) in [6.45, 7) is 8.30. The van der Waals surface area contributed by atoms with E-state index in [9.17, 15) is 4.79 Å². The maximum Gasteiger partial charge on any atom is 0.267 e. The van der Waals surface area contributed by atoms with Gasteiger partial charge in [0.1, 0.15) is 0 Å². The smallest absolute Gasteiger partial charge is 0.267 e. The van der Waals surface area contributed by atoms with E-state index in [2.05, 4.69) is 15.2 Å². The third-order valence-electron chi connectivity index (χ3n) is 3.65. The molecule has 1 saturated heterocycles. The van der Waals surface area contributed by atoms with Crippen LogP contribution < -0.4 is 5.32 Å². The van der Waals surface area contributed by atoms with Gasteiger partial charge in [0.15, 0.2) is 5.13 Å². The van der Waals surface area contributed by atoms with Crippen LogP contribution in [0.3, 0.4) is 0 Å². The van der Waals surface area contributed by atoms with Crippen molar-refractivity contribution < 1.29 is 9.53 Å². The number of thiophene rings is 1. The molecule has 7 heteroatoms. The van der Waals surface area contributed by atoms with Gasteiger partial charge in [0.25, 0.3) is 5.91 Å². The molecule has 5 nitrogen and oxygen atoms in total. The fourth-order valence-corrected chi connectivity index (χ4v) is 3.89. The number of hydrogen-bond donors (Lipinski definition) is 1. The second-order valence-electron chi connectivity index (χ2n) is 5.34. The Balaban J connectivity index is 1.60. The van der Waals surface area contributed by atoms with Crippen LogP contribution in [0.1, 0.15) is 25.8 Å². The van der Waals surface area contributed by atoms with Crippen molar-refractivity contribution in [1.29, 1.82) is 0 Å². The first kappa shape index (κ1) is 15.6. The molecule has 0 aromatic carbocycles. The summed E-state index contributed by atoms with van der Waals surface area (Å²) in [6, 6.07) is 1.93. The molecule has 2 aromatic rings. The average Bonchev–Trinajstić information content (AvgIpc) is 3.07. The molecule has 1 aliphatic rings. The summed E-state index contributed by atoms with van der Waals surface area (Å²) >= 11 is 3.00. The van der Waals surface area contributed by atoms with Gasteiger partial charge in [-0.3, -0.25) is 15.0 Å². The second kappa shape index (κ2) is 6.87. The monoisotopic (exact) mass is 337 g/mol. The molecule has 0 spiro atoms. The van der Waals surface area contributed by atoms with Crippen molar-refractivity contribution in [1.82, 2.24) is 9.88 Å². The maximum atomic E-state index is 12.2. The number of rotatable bonds is 4. The number of hydrogen-bond acceptors (Lipinski definition) is 6. The summed E-state index contributed by atoms with van der Waals surface area (Å²) in [5.41, 5.74) is 2.16. The number of nitrogens with one attached hydrogen (secondary N) is 1. The van der Waals surface area contributed by atoms with Crippen molar-refractivity contribution in [3.05, 3.63) is 32.5 Å². The normalized spacial score (nSPS) is 15.9. The number of anilines is 1. The molecule has 2 aromatic heterocycles. The van der Waals surface area contributed by atoms with E-state index in [1.165, 1.54) is 27.6 Å². The molecule has 0 radical (unpaired) electrons. The minimum atomic E-state index is -0.0755. The summed E-state index contributed by atoms with van der Waals surface area (Å²) in [5, 5.41) is 5.57. The Bertz CT molecular complexity index is 640. The van der Waals surface area contributed by atoms with Crippen molar-refractivity contribution >= 4 is 33.7 Å². The Morgan fingerprint density at radius 2 is 2.18 bits per heavy atom. The van der Waals surface area contributed by atoms with Crippen LogP contribution in [0.15, 0.2) is 11.4 Å². The molecular formula is C15H19N3O2S2. The number of carbonyl (C=O) groups excluding carboxylic acids is 1. The van der Waals surface area contributed by atoms with Crippen LogP contribution in [0.25, 0.3) is 0 Å². The molecule has 118 valence electrons. The molecule has 1 N–H and O–H groups in total. The zero-order chi connectivity index (χ0) is 15.5. The first-order valence-corrected chi connectivity index (χ1v) is 8.94. The number of thiazole rings is 1. The van der Waals surface area contributed by atoms with Crippen molar-refractivity contribution in [2.24, 2.45) is 0 Å². The number of nitrogens with zero attached hydrogens (tertiary/aromatic N) is 2. The number of carbonyl (C=O) groups is 1. The number of amides is 1. The molecule has 1 amide bonds. The van der Waals surface area contributed by atoms with Gasteiger partial charge in [-0.05, 0) is 25.5 Å². The third kappa shape index (κ3) is 3.73. The van der Waals surface area contributed by atoms with E-state index < -0.39 is 0 Å². The predicted molar refractivity (Wildman–Crippen MR) is 90.0 cm³/mol. The molecule has 0 atom stereocenters. The van der Waals surface area contributed by atoms with E-state index in [4.69, 9.17) is 4.74 Å². The van der Waals surface area contributed by atoms with Crippen LogP contribution in [-0.2, 0) is 11.3 Å². The van der Waals surface area contributed by atoms with Gasteiger partial charge >= 0.3 is 0 Å². The fraction of sp³-hybridized carbons (Fsp3) is 0.467. The topological polar surface area (TPSA) is 54.5 Å². The first-order valence-electron chi connectivity index (χ1n) is 7.25. The van der Waals surface area contributed by atoms with E-state index in [1.54, 1.807) is 0 Å². The second-order valence-corrected chi connectivity index (χ2v) is 7.45. The van der Waals surface area contributed by atoms with Crippen molar-refractivity contribution in [3.8, 4) is 0 Å². The van der Waals surface area contributed by atoms with Gasteiger partial charge in [-0.15, -0.1) is 22.7 Å². The number of ether oxygens (including phenoxy) is 1. The van der Waals surface area contributed by atoms with Crippen molar-refractivity contribution in [3.63, 3.8) is 0 Å². The highest BCUT2D eigenvalue weighted by Crippen LogP contribution is 2.23. The van der Waals surface area contributed by atoms with E-state index in [1.807, 2.05) is 25.3 Å². The zero-order valence-electron chi connectivity index (χ0n) is 12.7. The molecule has 0 aliphatic carbocycles. The predicted octanol–water partition coefficient (Wildman–Crippen LogP) is 2.91. The van der Waals surface area contributed by atoms with Gasteiger partial charge < -0.3 is 4.74 Å². The molecule has 0 saturated carbocycles. The minimum Gasteiger partial charge on any atom is -0.379 e. The average molecular weight is 337 g/mol. The first-order chi connectivity index (χ1) is 10.6. The molecule has 1 aliphatic heterocycles. The van der Waals surface area contributed by atoms with E-state index >= 15 is 0 Å². The quantitative estimate of drug-likeness (QED) is 0.932. The summed E-state index contributed by atoms with van der Waals surface area (Å²) < 4.78 is 5.34. The lowest BCUT2D eigenvalue weighted by Crippen LogP contribution is -2.35. The maximum absolute atomic E-state index is 12.2. The lowest BCUT2D eigenvalue weighted by molar-refractivity contribution is 0.0337. The molecule has 0 unspecified atom stereocenters. The molecule has 0 bridgehead atoms. The number of aromatic nitrogens is 1. The lowest BCUT2D eigenvalue weighted by atomic mass is 10.3. The molecule has 1 fully saturated rings. The summed E-state index contributed by atoms with van der Waals surface area (Å²) in [6.07, 6.45) is 0. The Kier molecular flexibility index (Phi) is 4.87. The minimum absolute atomic E-state index is 0.0755. The van der Waals surface area contributed by atoms with Crippen LogP contribution in [-0.4, -0.2) is 42.1 Å². The highest BCUT2D eigenvalue weighted by atomic mass is 32.1. The van der Waals surface area contributed by atoms with Crippen LogP contribution in [0.4, 0.5) is 5.13 Å². The van der Waals surface area contributed by atoms with E-state index in [0.29, 0.717) is 5.13 Å². The number of aryl methyl sites for hydroxylation is 2. The van der Waals surface area contributed by atoms with Crippen molar-refractivity contribution in [2.75, 3.05) is 31.6 Å². The van der Waals surface area contributed by atoms with Gasteiger partial charge in [-0.2, -0.15) is 0 Å². The Morgan fingerprint density at radius 1 is 1.41 bits per heavy atom. The fourth-order valence-electron chi connectivity index (χ4n) is 2.27. The van der Waals surface area contributed by atoms with Gasteiger partial charge in [-0.25, -0.2) is 4.98 Å². The Hall–Kier alpha value is -1.28. The lowest BCUT2D eigenvalue weighted by Gasteiger charge is -2.25. The summed E-state index contributed by atoms with van der Waals surface area (Å²) in [4.78, 5) is 21.0. The highest BCUT2D eigenvalue weighted by molar-refractivity contribution is 7.15. The van der Waals surface area contributed by atoms with Crippen LogP contribution in [0.5, 0.6) is 0 Å². The van der Waals surface area contributed by atoms with Gasteiger partial charge in [-0.1, -0.05) is 0 Å². The van der Waals surface area contributed by atoms with E-state index in [0.717, 1.165) is 49.0 Å². The third-order valence-corrected chi connectivity index (χ3v) is 5.61. The van der Waals surface area contributed by atoms with Crippen molar-refractivity contribution in [2.45, 2.75) is 20.4 Å². The van der Waals surface area contributed by atoms with Gasteiger partial charge in [0.05, 0.1) is 23.8 Å². The molecule has 3 heterocycles. The summed E-state index contributed by atoms with van der Waals surface area (Å²) in [7, 11) is 0. The Labute approximate surface area is 137 Å². The van der Waals surface area contributed by atoms with E-state index in [-0.39, 0.29) is 5.91 Å². The van der Waals surface area contributed by atoms with Crippen LogP contribution in [0, 0.1) is 13.8 Å². The molecule has 3 rings (SSSR count). The van der Waals surface area contributed by atoms with Gasteiger partial charge in [0.2, 0.25) is 0 Å². The highest BCUT2D eigenvalue weighted by Gasteiger charge is 2.15. The SMILES string of the molecule is Cc1cc(C(=O)Nc2nc(CN3CCOCC3)cs2)sc1C. The largest absolute Gasteiger partial charge is 0.379 e.